The molecule has 0 saturated carbocycles. The standard InChI is InChI=1S/C12H13NO2/c1-2-15-12(14)11-7-3-5-10(9-11)6-4-8-13/h3,5,7,9H,2,8,13H2,1H3. The van der Waals surface area contributed by atoms with Crippen molar-refractivity contribution in [1.29, 1.82) is 0 Å². The van der Waals surface area contributed by atoms with Gasteiger partial charge in [0, 0.05) is 5.56 Å². The van der Waals surface area contributed by atoms with Gasteiger partial charge in [-0.15, -0.1) is 0 Å². The van der Waals surface area contributed by atoms with E-state index in [0.717, 1.165) is 5.56 Å². The largest absolute Gasteiger partial charge is 0.462 e. The second-order valence-electron chi connectivity index (χ2n) is 2.81. The molecular formula is C12H13NO2. The van der Waals surface area contributed by atoms with Crippen molar-refractivity contribution in [2.75, 3.05) is 13.2 Å². The predicted molar refractivity (Wildman–Crippen MR) is 58.3 cm³/mol. The minimum absolute atomic E-state index is 0.309. The molecular weight excluding hydrogens is 190 g/mol. The molecule has 1 aromatic rings. The minimum Gasteiger partial charge on any atom is -0.462 e. The topological polar surface area (TPSA) is 52.3 Å². The van der Waals surface area contributed by atoms with E-state index in [4.69, 9.17) is 10.5 Å². The fourth-order valence-electron chi connectivity index (χ4n) is 1.09. The Bertz CT molecular complexity index is 402. The lowest BCUT2D eigenvalue weighted by atomic mass is 10.1. The third kappa shape index (κ3) is 3.45. The second kappa shape index (κ2) is 5.84. The van der Waals surface area contributed by atoms with Crippen molar-refractivity contribution in [3.8, 4) is 11.8 Å². The van der Waals surface area contributed by atoms with Gasteiger partial charge in [-0.2, -0.15) is 0 Å². The third-order valence-corrected chi connectivity index (χ3v) is 1.71. The van der Waals surface area contributed by atoms with Crippen LogP contribution in [0.5, 0.6) is 0 Å². The molecule has 3 nitrogen and oxygen atoms in total. The van der Waals surface area contributed by atoms with Gasteiger partial charge >= 0.3 is 5.97 Å². The van der Waals surface area contributed by atoms with E-state index in [0.29, 0.717) is 18.7 Å². The fraction of sp³-hybridized carbons (Fsp3) is 0.250. The summed E-state index contributed by atoms with van der Waals surface area (Å²) in [6, 6.07) is 6.99. The first-order valence-corrected chi connectivity index (χ1v) is 4.74. The van der Waals surface area contributed by atoms with Crippen LogP contribution in [0.15, 0.2) is 24.3 Å². The van der Waals surface area contributed by atoms with Gasteiger partial charge in [-0.25, -0.2) is 4.79 Å². The van der Waals surface area contributed by atoms with E-state index in [1.54, 1.807) is 25.1 Å². The van der Waals surface area contributed by atoms with Gasteiger partial charge in [-0.1, -0.05) is 17.9 Å². The Labute approximate surface area is 89.2 Å². The maximum atomic E-state index is 11.4. The molecule has 0 aliphatic heterocycles. The van der Waals surface area contributed by atoms with Gasteiger partial charge in [0.2, 0.25) is 0 Å². The summed E-state index contributed by atoms with van der Waals surface area (Å²) in [7, 11) is 0. The van der Waals surface area contributed by atoms with Crippen LogP contribution in [0.25, 0.3) is 0 Å². The highest BCUT2D eigenvalue weighted by Gasteiger charge is 2.05. The van der Waals surface area contributed by atoms with E-state index in [9.17, 15) is 4.79 Å². The van der Waals surface area contributed by atoms with Crippen LogP contribution in [0.3, 0.4) is 0 Å². The number of ether oxygens (including phenoxy) is 1. The molecule has 3 heteroatoms. The van der Waals surface area contributed by atoms with Crippen molar-refractivity contribution in [2.24, 2.45) is 5.73 Å². The number of hydrogen-bond acceptors (Lipinski definition) is 3. The van der Waals surface area contributed by atoms with Crippen molar-refractivity contribution in [2.45, 2.75) is 6.92 Å². The summed E-state index contributed by atoms with van der Waals surface area (Å²) in [5.74, 6) is 5.26. The molecule has 0 amide bonds. The van der Waals surface area contributed by atoms with Crippen LogP contribution in [0.1, 0.15) is 22.8 Å². The number of carbonyl (C=O) groups excluding carboxylic acids is 1. The quantitative estimate of drug-likeness (QED) is 0.580. The van der Waals surface area contributed by atoms with Crippen LogP contribution in [-0.4, -0.2) is 19.1 Å². The van der Waals surface area contributed by atoms with Crippen molar-refractivity contribution < 1.29 is 9.53 Å². The number of hydrogen-bond donors (Lipinski definition) is 1. The number of nitrogens with two attached hydrogens (primary N) is 1. The predicted octanol–water partition coefficient (Wildman–Crippen LogP) is 1.17. The fourth-order valence-corrected chi connectivity index (χ4v) is 1.09. The van der Waals surface area contributed by atoms with Gasteiger partial charge in [-0.3, -0.25) is 0 Å². The van der Waals surface area contributed by atoms with Crippen molar-refractivity contribution in [3.63, 3.8) is 0 Å². The smallest absolute Gasteiger partial charge is 0.338 e. The minimum atomic E-state index is -0.325. The van der Waals surface area contributed by atoms with Gasteiger partial charge in [0.1, 0.15) is 0 Å². The highest BCUT2D eigenvalue weighted by atomic mass is 16.5. The van der Waals surface area contributed by atoms with E-state index in [1.165, 1.54) is 0 Å². The molecule has 0 spiro atoms. The Balaban J connectivity index is 2.87. The average Bonchev–Trinajstić information content (AvgIpc) is 2.27. The monoisotopic (exact) mass is 203 g/mol. The Kier molecular flexibility index (Phi) is 4.39. The molecule has 2 N–H and O–H groups in total. The lowest BCUT2D eigenvalue weighted by molar-refractivity contribution is 0.0526. The van der Waals surface area contributed by atoms with E-state index < -0.39 is 0 Å². The number of esters is 1. The first-order valence-electron chi connectivity index (χ1n) is 4.74. The Morgan fingerprint density at radius 1 is 1.53 bits per heavy atom. The number of rotatable bonds is 2. The zero-order valence-corrected chi connectivity index (χ0v) is 8.62. The van der Waals surface area contributed by atoms with Gasteiger partial charge in [0.25, 0.3) is 0 Å². The maximum absolute atomic E-state index is 11.4. The molecule has 0 aliphatic carbocycles. The maximum Gasteiger partial charge on any atom is 0.338 e. The van der Waals surface area contributed by atoms with Crippen LogP contribution < -0.4 is 5.73 Å². The summed E-state index contributed by atoms with van der Waals surface area (Å²) in [5.41, 5.74) is 6.54. The van der Waals surface area contributed by atoms with E-state index in [2.05, 4.69) is 11.8 Å². The Morgan fingerprint density at radius 2 is 2.33 bits per heavy atom. The average molecular weight is 203 g/mol. The summed E-state index contributed by atoms with van der Waals surface area (Å²) in [5, 5.41) is 0. The molecule has 0 saturated heterocycles. The SMILES string of the molecule is CCOC(=O)c1cccc(C#CCN)c1. The molecule has 0 bridgehead atoms. The van der Waals surface area contributed by atoms with Crippen LogP contribution in [0, 0.1) is 11.8 Å². The molecule has 78 valence electrons. The van der Waals surface area contributed by atoms with Crippen LogP contribution in [-0.2, 0) is 4.74 Å². The van der Waals surface area contributed by atoms with Gasteiger partial charge in [0.05, 0.1) is 18.7 Å². The summed E-state index contributed by atoms with van der Waals surface area (Å²) in [6.45, 7) is 2.46. The molecule has 0 radical (unpaired) electrons. The third-order valence-electron chi connectivity index (χ3n) is 1.71. The first kappa shape index (κ1) is 11.3. The van der Waals surface area contributed by atoms with Gasteiger partial charge < -0.3 is 10.5 Å². The Morgan fingerprint density at radius 3 is 3.00 bits per heavy atom. The van der Waals surface area contributed by atoms with Crippen molar-refractivity contribution in [1.82, 2.24) is 0 Å². The van der Waals surface area contributed by atoms with Crippen molar-refractivity contribution >= 4 is 5.97 Å². The molecule has 1 rings (SSSR count). The number of carbonyl (C=O) groups is 1. The van der Waals surface area contributed by atoms with Crippen LogP contribution in [0.2, 0.25) is 0 Å². The van der Waals surface area contributed by atoms with Crippen molar-refractivity contribution in [3.05, 3.63) is 35.4 Å². The lowest BCUT2D eigenvalue weighted by Gasteiger charge is -2.01. The lowest BCUT2D eigenvalue weighted by Crippen LogP contribution is -2.04. The van der Waals surface area contributed by atoms with Gasteiger partial charge in [0.15, 0.2) is 0 Å². The van der Waals surface area contributed by atoms with Gasteiger partial charge in [-0.05, 0) is 25.1 Å². The second-order valence-corrected chi connectivity index (χ2v) is 2.81. The molecule has 0 aliphatic rings. The Hall–Kier alpha value is -1.79. The molecule has 0 unspecified atom stereocenters. The van der Waals surface area contributed by atoms with E-state index in [-0.39, 0.29) is 5.97 Å². The summed E-state index contributed by atoms with van der Waals surface area (Å²) in [6.07, 6.45) is 0. The zero-order chi connectivity index (χ0) is 11.1. The molecule has 0 heterocycles. The summed E-state index contributed by atoms with van der Waals surface area (Å²) < 4.78 is 4.88. The van der Waals surface area contributed by atoms with E-state index >= 15 is 0 Å². The number of benzene rings is 1. The van der Waals surface area contributed by atoms with Crippen LogP contribution in [0.4, 0.5) is 0 Å². The van der Waals surface area contributed by atoms with E-state index in [1.807, 2.05) is 6.07 Å². The van der Waals surface area contributed by atoms with Crippen LogP contribution >= 0.6 is 0 Å². The molecule has 0 aromatic heterocycles. The molecule has 0 fully saturated rings. The zero-order valence-electron chi connectivity index (χ0n) is 8.62. The highest BCUT2D eigenvalue weighted by Crippen LogP contribution is 2.05. The first-order chi connectivity index (χ1) is 7.27. The summed E-state index contributed by atoms with van der Waals surface area (Å²) in [4.78, 5) is 11.4. The molecule has 1 aromatic carbocycles. The summed E-state index contributed by atoms with van der Waals surface area (Å²) >= 11 is 0. The molecule has 15 heavy (non-hydrogen) atoms. The molecule has 0 atom stereocenters. The normalized spacial score (nSPS) is 8.93. The highest BCUT2D eigenvalue weighted by molar-refractivity contribution is 5.89.